The van der Waals surface area contributed by atoms with Crippen LogP contribution >= 0.6 is 0 Å². The number of rotatable bonds is 4. The fourth-order valence-electron chi connectivity index (χ4n) is 5.30. The highest BCUT2D eigenvalue weighted by atomic mass is 19.1. The van der Waals surface area contributed by atoms with E-state index in [1.165, 1.54) is 29.8 Å². The minimum Gasteiger partial charge on any atom is -0.369 e. The summed E-state index contributed by atoms with van der Waals surface area (Å²) in [4.78, 5) is 11.8. The smallest absolute Gasteiger partial charge is 0.123 e. The van der Waals surface area contributed by atoms with Crippen molar-refractivity contribution in [2.75, 3.05) is 18.0 Å². The molecule has 4 heterocycles. The molecule has 0 bridgehead atoms. The molecule has 4 nitrogen and oxygen atoms in total. The second-order valence-corrected chi connectivity index (χ2v) is 8.71. The predicted octanol–water partition coefficient (Wildman–Crippen LogP) is 6.72. The zero-order valence-corrected chi connectivity index (χ0v) is 19.9. The first kappa shape index (κ1) is 22.3. The van der Waals surface area contributed by atoms with Crippen molar-refractivity contribution in [2.45, 2.75) is 45.6 Å². The lowest BCUT2D eigenvalue weighted by Gasteiger charge is -2.34. The van der Waals surface area contributed by atoms with E-state index in [0.717, 1.165) is 60.7 Å². The van der Waals surface area contributed by atoms with E-state index in [2.05, 4.69) is 38.7 Å². The van der Waals surface area contributed by atoms with E-state index in [9.17, 15) is 4.39 Å². The number of hydrogen-bond donors (Lipinski definition) is 0. The Labute approximate surface area is 201 Å². The van der Waals surface area contributed by atoms with Gasteiger partial charge in [0.2, 0.25) is 0 Å². The number of hydrogen-bond acceptors (Lipinski definition) is 3. The Morgan fingerprint density at radius 1 is 0.912 bits per heavy atom. The van der Waals surface area contributed by atoms with Crippen molar-refractivity contribution in [1.29, 1.82) is 0 Å². The van der Waals surface area contributed by atoms with Crippen LogP contribution in [0, 0.1) is 5.82 Å². The SMILES string of the molecule is CC.Fc1ccc(-c2nc3n(c2-c2ccncc2)[C@H](CN2CCCc4ccccc42)CC3)cc1. The average Bonchev–Trinajstić information content (AvgIpc) is 3.46. The molecule has 0 fully saturated rings. The molecule has 0 N–H and O–H groups in total. The van der Waals surface area contributed by atoms with Crippen LogP contribution in [0.2, 0.25) is 0 Å². The van der Waals surface area contributed by atoms with Gasteiger partial charge in [0.25, 0.3) is 0 Å². The van der Waals surface area contributed by atoms with Gasteiger partial charge in [0.15, 0.2) is 0 Å². The van der Waals surface area contributed by atoms with Crippen LogP contribution in [0.3, 0.4) is 0 Å². The molecule has 2 aromatic heterocycles. The fourth-order valence-corrected chi connectivity index (χ4v) is 5.30. The number of anilines is 1. The quantitative estimate of drug-likeness (QED) is 0.343. The van der Waals surface area contributed by atoms with Crippen molar-refractivity contribution in [3.05, 3.63) is 90.3 Å². The number of imidazole rings is 1. The molecule has 2 aromatic carbocycles. The first-order valence-corrected chi connectivity index (χ1v) is 12.4. The lowest BCUT2D eigenvalue weighted by atomic mass is 10.0. The van der Waals surface area contributed by atoms with Crippen molar-refractivity contribution >= 4 is 5.69 Å². The van der Waals surface area contributed by atoms with Gasteiger partial charge in [0.1, 0.15) is 11.6 Å². The van der Waals surface area contributed by atoms with Gasteiger partial charge in [-0.1, -0.05) is 32.0 Å². The Hall–Kier alpha value is -3.47. The zero-order valence-electron chi connectivity index (χ0n) is 19.9. The highest BCUT2D eigenvalue weighted by Gasteiger charge is 2.32. The number of pyridine rings is 1. The highest BCUT2D eigenvalue weighted by molar-refractivity contribution is 5.79. The molecular weight excluding hydrogens is 423 g/mol. The van der Waals surface area contributed by atoms with Crippen molar-refractivity contribution in [2.24, 2.45) is 0 Å². The number of nitrogens with zero attached hydrogens (tertiary/aromatic N) is 4. The minimum atomic E-state index is -0.229. The predicted molar refractivity (Wildman–Crippen MR) is 137 cm³/mol. The van der Waals surface area contributed by atoms with Crippen molar-refractivity contribution in [3.8, 4) is 22.5 Å². The number of benzene rings is 2. The third-order valence-electron chi connectivity index (χ3n) is 6.76. The van der Waals surface area contributed by atoms with Crippen LogP contribution in [0.5, 0.6) is 0 Å². The van der Waals surface area contributed by atoms with E-state index in [4.69, 9.17) is 4.98 Å². The van der Waals surface area contributed by atoms with Gasteiger partial charge in [0.05, 0.1) is 17.4 Å². The summed E-state index contributed by atoms with van der Waals surface area (Å²) in [6, 6.07) is 19.9. The molecule has 0 saturated carbocycles. The molecule has 4 aromatic rings. The van der Waals surface area contributed by atoms with Crippen LogP contribution in [0.1, 0.15) is 44.1 Å². The normalized spacial score (nSPS) is 16.4. The van der Waals surface area contributed by atoms with Crippen LogP contribution in [0.25, 0.3) is 22.5 Å². The van der Waals surface area contributed by atoms with E-state index in [-0.39, 0.29) is 5.82 Å². The van der Waals surface area contributed by atoms with Crippen LogP contribution in [0.4, 0.5) is 10.1 Å². The molecule has 0 radical (unpaired) electrons. The lowest BCUT2D eigenvalue weighted by Crippen LogP contribution is -2.34. The van der Waals surface area contributed by atoms with Gasteiger partial charge in [-0.15, -0.1) is 0 Å². The zero-order chi connectivity index (χ0) is 23.5. The van der Waals surface area contributed by atoms with Crippen molar-refractivity contribution < 1.29 is 4.39 Å². The Kier molecular flexibility index (Phi) is 6.43. The molecule has 5 heteroatoms. The maximum absolute atomic E-state index is 13.6. The number of fused-ring (bicyclic) bond motifs is 2. The number of aromatic nitrogens is 3. The monoisotopic (exact) mass is 454 g/mol. The molecule has 1 atom stereocenters. The van der Waals surface area contributed by atoms with Gasteiger partial charge in [-0.2, -0.15) is 0 Å². The summed E-state index contributed by atoms with van der Waals surface area (Å²) in [5, 5.41) is 0. The molecular formula is C29H31FN4. The lowest BCUT2D eigenvalue weighted by molar-refractivity contribution is 0.508. The maximum atomic E-state index is 13.6. The summed E-state index contributed by atoms with van der Waals surface area (Å²) in [5.41, 5.74) is 6.91. The second kappa shape index (κ2) is 9.80. The van der Waals surface area contributed by atoms with Gasteiger partial charge >= 0.3 is 0 Å². The Balaban J connectivity index is 0.00000117. The van der Waals surface area contributed by atoms with Crippen LogP contribution in [-0.2, 0) is 12.8 Å². The number of aryl methyl sites for hydroxylation is 2. The molecule has 34 heavy (non-hydrogen) atoms. The van der Waals surface area contributed by atoms with E-state index in [1.807, 2.05) is 50.5 Å². The summed E-state index contributed by atoms with van der Waals surface area (Å²) in [7, 11) is 0. The number of para-hydroxylation sites is 1. The third kappa shape index (κ3) is 4.11. The molecule has 2 aliphatic heterocycles. The van der Waals surface area contributed by atoms with Crippen molar-refractivity contribution in [1.82, 2.24) is 14.5 Å². The Morgan fingerprint density at radius 3 is 2.47 bits per heavy atom. The molecule has 0 aliphatic carbocycles. The second-order valence-electron chi connectivity index (χ2n) is 8.71. The Morgan fingerprint density at radius 2 is 1.68 bits per heavy atom. The minimum absolute atomic E-state index is 0.229. The van der Waals surface area contributed by atoms with E-state index < -0.39 is 0 Å². The largest absolute Gasteiger partial charge is 0.369 e. The first-order valence-electron chi connectivity index (χ1n) is 12.4. The van der Waals surface area contributed by atoms with Gasteiger partial charge in [-0.3, -0.25) is 4.98 Å². The van der Waals surface area contributed by atoms with E-state index >= 15 is 0 Å². The van der Waals surface area contributed by atoms with Gasteiger partial charge in [0, 0.05) is 48.7 Å². The molecule has 0 spiro atoms. The average molecular weight is 455 g/mol. The molecule has 0 amide bonds. The van der Waals surface area contributed by atoms with Gasteiger partial charge in [-0.05, 0) is 67.3 Å². The topological polar surface area (TPSA) is 34.0 Å². The van der Waals surface area contributed by atoms with Crippen LogP contribution in [0.15, 0.2) is 73.1 Å². The number of halogens is 1. The summed E-state index contributed by atoms with van der Waals surface area (Å²) < 4.78 is 16.0. The first-order chi connectivity index (χ1) is 16.8. The van der Waals surface area contributed by atoms with E-state index in [1.54, 1.807) is 0 Å². The van der Waals surface area contributed by atoms with Crippen LogP contribution in [-0.4, -0.2) is 27.6 Å². The molecule has 0 saturated heterocycles. The van der Waals surface area contributed by atoms with Crippen LogP contribution < -0.4 is 4.90 Å². The standard InChI is InChI=1S/C27H25FN4.C2H6/c28-22-9-7-20(8-10-22)26-27(21-13-15-29-16-14-21)32-23(11-12-25(32)30-26)18-31-17-3-5-19-4-1-2-6-24(19)31;1-2/h1-2,4,6-10,13-16,23H,3,5,11-12,17-18H2;1-2H3/t23-;/m0./s1. The summed E-state index contributed by atoms with van der Waals surface area (Å²) >= 11 is 0. The van der Waals surface area contributed by atoms with E-state index in [0.29, 0.717) is 6.04 Å². The summed E-state index contributed by atoms with van der Waals surface area (Å²) in [5.74, 6) is 0.888. The maximum Gasteiger partial charge on any atom is 0.123 e. The van der Waals surface area contributed by atoms with Gasteiger partial charge < -0.3 is 9.47 Å². The third-order valence-corrected chi connectivity index (χ3v) is 6.76. The Bertz CT molecular complexity index is 1250. The van der Waals surface area contributed by atoms with Crippen molar-refractivity contribution in [3.63, 3.8) is 0 Å². The van der Waals surface area contributed by atoms with Gasteiger partial charge in [-0.25, -0.2) is 9.37 Å². The molecule has 174 valence electrons. The summed E-state index contributed by atoms with van der Waals surface area (Å²) in [6.07, 6.45) is 8.05. The molecule has 6 rings (SSSR count). The molecule has 0 unspecified atom stereocenters. The fraction of sp³-hybridized carbons (Fsp3) is 0.310. The highest BCUT2D eigenvalue weighted by Crippen LogP contribution is 2.40. The molecule has 2 aliphatic rings. The summed E-state index contributed by atoms with van der Waals surface area (Å²) in [6.45, 7) is 6.06.